The van der Waals surface area contributed by atoms with E-state index >= 15 is 13.2 Å². The normalized spacial score (nSPS) is 31.2. The van der Waals surface area contributed by atoms with Gasteiger partial charge in [0.15, 0.2) is 0 Å². The number of alkyl halides is 3. The van der Waals surface area contributed by atoms with E-state index in [0.29, 0.717) is 19.1 Å². The summed E-state index contributed by atoms with van der Waals surface area (Å²) in [5.74, 6) is -5.02. The molecule has 0 amide bonds. The Balaban J connectivity index is 2.12. The molecule has 1 heterocycles. The van der Waals surface area contributed by atoms with Crippen LogP contribution in [0.2, 0.25) is 15.1 Å². The fraction of sp³-hybridized carbons (Fsp3) is 0.500. The van der Waals surface area contributed by atoms with Crippen LogP contribution in [0.1, 0.15) is 51.2 Å². The van der Waals surface area contributed by atoms with E-state index in [1.807, 2.05) is 20.8 Å². The second-order valence-electron chi connectivity index (χ2n) is 11.0. The molecular weight excluding hydrogens is 645 g/mol. The molecule has 0 bridgehead atoms. The molecule has 3 nitrogen and oxygen atoms in total. The second-order valence-corrected chi connectivity index (χ2v) is 13.1. The number of hydrogen-bond acceptors (Lipinski definition) is 2. The Bertz CT molecular complexity index is 1300. The molecule has 0 aromatic heterocycles. The van der Waals surface area contributed by atoms with E-state index in [1.165, 1.54) is 12.1 Å². The lowest BCUT2D eigenvalue weighted by atomic mass is 9.53. The van der Waals surface area contributed by atoms with Crippen molar-refractivity contribution in [2.45, 2.75) is 57.2 Å². The first-order valence-corrected chi connectivity index (χ1v) is 14.5. The van der Waals surface area contributed by atoms with Gasteiger partial charge in [0.25, 0.3) is 0 Å². The van der Waals surface area contributed by atoms with Gasteiger partial charge >= 0.3 is 12.1 Å². The first-order chi connectivity index (χ1) is 18.1. The number of nitrogens with zero attached hydrogens (tertiary/aromatic N) is 1. The first-order valence-electron chi connectivity index (χ1n) is 12.5. The maximum atomic E-state index is 15.4. The Labute approximate surface area is 248 Å². The minimum atomic E-state index is -5.12. The summed E-state index contributed by atoms with van der Waals surface area (Å²) in [6.07, 6.45) is -2.40. The smallest absolute Gasteiger partial charge is 0.404 e. The molecule has 1 aliphatic heterocycles. The molecule has 4 rings (SSSR count). The minimum absolute atomic E-state index is 0.00533. The van der Waals surface area contributed by atoms with E-state index < -0.39 is 46.3 Å². The van der Waals surface area contributed by atoms with Crippen LogP contribution in [0.15, 0.2) is 39.8 Å². The van der Waals surface area contributed by atoms with Crippen LogP contribution in [0, 0.1) is 35.4 Å². The minimum Gasteiger partial charge on any atom is -0.481 e. The predicted octanol–water partition coefficient (Wildman–Crippen LogP) is 9.74. The Morgan fingerprint density at radius 1 is 1.10 bits per heavy atom. The molecule has 0 saturated heterocycles. The topological polar surface area (TPSA) is 49.7 Å². The third-order valence-corrected chi connectivity index (χ3v) is 10.3. The Kier molecular flexibility index (Phi) is 8.48. The number of aliphatic carboxylic acids is 1. The van der Waals surface area contributed by atoms with Crippen molar-refractivity contribution in [1.82, 2.24) is 0 Å². The van der Waals surface area contributed by atoms with Gasteiger partial charge in [0.1, 0.15) is 22.7 Å². The lowest BCUT2D eigenvalue weighted by Gasteiger charge is -2.50. The quantitative estimate of drug-likeness (QED) is 0.254. The van der Waals surface area contributed by atoms with Crippen molar-refractivity contribution >= 4 is 62.9 Å². The number of halogens is 8. The summed E-state index contributed by atoms with van der Waals surface area (Å²) in [6, 6.07) is 5.83. The van der Waals surface area contributed by atoms with Crippen molar-refractivity contribution in [3.63, 3.8) is 0 Å². The summed E-state index contributed by atoms with van der Waals surface area (Å²) in [5, 5.41) is 10.1. The molecule has 1 saturated carbocycles. The van der Waals surface area contributed by atoms with E-state index in [9.17, 15) is 14.3 Å². The number of hydrogen-bond donors (Lipinski definition) is 1. The Morgan fingerprint density at radius 2 is 1.72 bits per heavy atom. The molecule has 11 heteroatoms. The molecule has 1 fully saturated rings. The van der Waals surface area contributed by atoms with Gasteiger partial charge < -0.3 is 5.11 Å². The van der Waals surface area contributed by atoms with Crippen molar-refractivity contribution in [3.05, 3.63) is 66.8 Å². The highest BCUT2D eigenvalue weighted by molar-refractivity contribution is 9.10. The fourth-order valence-corrected chi connectivity index (χ4v) is 7.72. The summed E-state index contributed by atoms with van der Waals surface area (Å²) in [4.78, 5) is 17.8. The molecule has 2 aromatic rings. The lowest BCUT2D eigenvalue weighted by molar-refractivity contribution is -0.198. The molecule has 2 aliphatic rings. The summed E-state index contributed by atoms with van der Waals surface area (Å²) in [6.45, 7) is 5.96. The van der Waals surface area contributed by atoms with Crippen LogP contribution in [0.5, 0.6) is 0 Å². The van der Waals surface area contributed by atoms with Gasteiger partial charge in [-0.2, -0.15) is 13.2 Å². The van der Waals surface area contributed by atoms with Crippen molar-refractivity contribution in [2.24, 2.45) is 34.6 Å². The third-order valence-electron chi connectivity index (χ3n) is 8.52. The fourth-order valence-electron chi connectivity index (χ4n) is 6.74. The van der Waals surface area contributed by atoms with E-state index in [0.717, 1.165) is 24.6 Å². The summed E-state index contributed by atoms with van der Waals surface area (Å²) in [5.41, 5.74) is -5.25. The van der Waals surface area contributed by atoms with E-state index in [-0.39, 0.29) is 42.9 Å². The average Bonchev–Trinajstić information content (AvgIpc) is 3.22. The van der Waals surface area contributed by atoms with Crippen molar-refractivity contribution in [2.75, 3.05) is 0 Å². The maximum Gasteiger partial charge on any atom is 0.404 e. The van der Waals surface area contributed by atoms with E-state index in [2.05, 4.69) is 20.9 Å². The van der Waals surface area contributed by atoms with Gasteiger partial charge in [-0.25, -0.2) is 4.39 Å². The molecule has 212 valence electrons. The zero-order valence-corrected chi connectivity index (χ0v) is 25.2. The zero-order valence-electron chi connectivity index (χ0n) is 21.3. The van der Waals surface area contributed by atoms with Gasteiger partial charge in [0.05, 0.1) is 19.5 Å². The molecular formula is C28H27BrCl3F4NO2. The molecule has 6 atom stereocenters. The van der Waals surface area contributed by atoms with E-state index in [1.54, 1.807) is 0 Å². The molecule has 1 N–H and O–H groups in total. The Hall–Kier alpha value is -1.35. The van der Waals surface area contributed by atoms with Crippen molar-refractivity contribution < 1.29 is 27.5 Å². The van der Waals surface area contributed by atoms with Gasteiger partial charge in [-0.1, -0.05) is 68.1 Å². The number of benzene rings is 2. The highest BCUT2D eigenvalue weighted by Crippen LogP contribution is 2.63. The van der Waals surface area contributed by atoms with E-state index in [4.69, 9.17) is 34.8 Å². The number of carboxylic acid groups (broad SMARTS) is 1. The van der Waals surface area contributed by atoms with Crippen LogP contribution in [0.3, 0.4) is 0 Å². The van der Waals surface area contributed by atoms with Crippen LogP contribution < -0.4 is 0 Å². The third kappa shape index (κ3) is 4.91. The molecule has 2 aromatic carbocycles. The maximum absolute atomic E-state index is 15.4. The highest BCUT2D eigenvalue weighted by Gasteiger charge is 2.73. The SMILES string of the molecule is CC(C)[C@@H]1CC[C@@H](C)C[C@H]1[C@@]1(c2ccc(F)c(Br)c2)N=C[C@@](c2cc(Cl)c(Cl)c(Cl)c2)(C(F)(F)F)[C@@H]1C(=O)O. The van der Waals surface area contributed by atoms with Gasteiger partial charge in [-0.3, -0.25) is 9.79 Å². The number of aliphatic imine (C=N–C) groups is 1. The second kappa shape index (κ2) is 10.8. The van der Waals surface area contributed by atoms with Gasteiger partial charge in [0.2, 0.25) is 0 Å². The van der Waals surface area contributed by atoms with Crippen LogP contribution >= 0.6 is 50.7 Å². The first kappa shape index (κ1) is 30.6. The summed E-state index contributed by atoms with van der Waals surface area (Å²) in [7, 11) is 0. The van der Waals surface area contributed by atoms with Crippen LogP contribution in [0.4, 0.5) is 17.6 Å². The van der Waals surface area contributed by atoms with Gasteiger partial charge in [0, 0.05) is 6.21 Å². The molecule has 0 unspecified atom stereocenters. The molecule has 1 aliphatic carbocycles. The molecule has 0 spiro atoms. The average molecular weight is 672 g/mol. The Morgan fingerprint density at radius 3 is 2.23 bits per heavy atom. The van der Waals surface area contributed by atoms with Crippen LogP contribution in [0.25, 0.3) is 0 Å². The lowest BCUT2D eigenvalue weighted by Crippen LogP contribution is -2.58. The van der Waals surface area contributed by atoms with Gasteiger partial charge in [-0.05, 0) is 87.8 Å². The van der Waals surface area contributed by atoms with Crippen molar-refractivity contribution in [1.29, 1.82) is 0 Å². The monoisotopic (exact) mass is 669 g/mol. The largest absolute Gasteiger partial charge is 0.481 e. The molecule has 39 heavy (non-hydrogen) atoms. The summed E-state index contributed by atoms with van der Waals surface area (Å²) >= 11 is 21.5. The number of carboxylic acids is 1. The number of carbonyl (C=O) groups is 1. The van der Waals surface area contributed by atoms with Crippen LogP contribution in [-0.2, 0) is 15.7 Å². The summed E-state index contributed by atoms with van der Waals surface area (Å²) < 4.78 is 60.7. The zero-order chi connectivity index (χ0) is 29.1. The van der Waals surface area contributed by atoms with Crippen molar-refractivity contribution in [3.8, 4) is 0 Å². The predicted molar refractivity (Wildman–Crippen MR) is 149 cm³/mol. The highest BCUT2D eigenvalue weighted by atomic mass is 79.9. The molecule has 0 radical (unpaired) electrons. The van der Waals surface area contributed by atoms with Crippen LogP contribution in [-0.4, -0.2) is 23.5 Å². The van der Waals surface area contributed by atoms with Gasteiger partial charge in [-0.15, -0.1) is 0 Å². The number of rotatable bonds is 5. The standard InChI is InChI=1S/C28H27BrCl3F4NO2/c1-13(2)17-6-4-14(3)8-18(17)27(15-5-7-22(33)19(29)9-15)24(25(38)39)26(12-37-27,28(34,35)36)16-10-20(30)23(32)21(31)11-16/h5,7,9-14,17-18,24H,4,6,8H2,1-3H3,(H,38,39)/t14-,17+,18-,24+,26+,27-/m1/s1.